The zero-order valence-corrected chi connectivity index (χ0v) is 13.7. The van der Waals surface area contributed by atoms with Gasteiger partial charge in [0.2, 0.25) is 10.0 Å². The summed E-state index contributed by atoms with van der Waals surface area (Å²) >= 11 is 0. The third-order valence-electron chi connectivity index (χ3n) is 3.66. The Morgan fingerprint density at radius 2 is 1.95 bits per heavy atom. The summed E-state index contributed by atoms with van der Waals surface area (Å²) in [5, 5.41) is 3.22. The predicted octanol–water partition coefficient (Wildman–Crippen LogP) is 1.08. The summed E-state index contributed by atoms with van der Waals surface area (Å²) in [7, 11) is -0.639. The molecule has 0 spiro atoms. The molecule has 21 heavy (non-hydrogen) atoms. The molecular formula is C14H22N2O4S. The van der Waals surface area contributed by atoms with Crippen molar-refractivity contribution in [3.8, 4) is 11.5 Å². The van der Waals surface area contributed by atoms with Crippen LogP contribution in [0.15, 0.2) is 23.1 Å². The average Bonchev–Trinajstić information content (AvgIpc) is 2.45. The molecule has 1 saturated heterocycles. The van der Waals surface area contributed by atoms with Gasteiger partial charge in [-0.3, -0.25) is 0 Å². The van der Waals surface area contributed by atoms with Crippen LogP contribution in [-0.4, -0.2) is 52.1 Å². The van der Waals surface area contributed by atoms with Gasteiger partial charge < -0.3 is 14.8 Å². The van der Waals surface area contributed by atoms with Gasteiger partial charge in [-0.05, 0) is 26.0 Å². The highest BCUT2D eigenvalue weighted by atomic mass is 32.2. The highest BCUT2D eigenvalue weighted by molar-refractivity contribution is 7.89. The molecular weight excluding hydrogens is 292 g/mol. The molecule has 1 aromatic carbocycles. The summed E-state index contributed by atoms with van der Waals surface area (Å²) in [6.07, 6.45) is 0. The van der Waals surface area contributed by atoms with Crippen LogP contribution in [0.3, 0.4) is 0 Å². The van der Waals surface area contributed by atoms with Crippen LogP contribution < -0.4 is 14.8 Å². The Morgan fingerprint density at radius 1 is 1.24 bits per heavy atom. The largest absolute Gasteiger partial charge is 0.497 e. The van der Waals surface area contributed by atoms with Crippen LogP contribution in [0.25, 0.3) is 0 Å². The summed E-state index contributed by atoms with van der Waals surface area (Å²) in [4.78, 5) is 0.167. The maximum atomic E-state index is 13.0. The third kappa shape index (κ3) is 3.00. The van der Waals surface area contributed by atoms with Crippen molar-refractivity contribution in [3.63, 3.8) is 0 Å². The van der Waals surface area contributed by atoms with E-state index in [1.807, 2.05) is 13.8 Å². The fourth-order valence-corrected chi connectivity index (χ4v) is 4.44. The summed E-state index contributed by atoms with van der Waals surface area (Å²) in [5.41, 5.74) is -0.484. The molecule has 0 aliphatic carbocycles. The van der Waals surface area contributed by atoms with Crippen LogP contribution in [0.4, 0.5) is 0 Å². The Bertz CT molecular complexity index is 613. The molecule has 1 aliphatic rings. The molecule has 0 amide bonds. The molecule has 1 aromatic rings. The van der Waals surface area contributed by atoms with Crippen LogP contribution in [0.2, 0.25) is 0 Å². The molecule has 0 atom stereocenters. The SMILES string of the molecule is COc1ccc(S(=O)(=O)N2CCNCC2(C)C)c(OC)c1. The molecule has 7 heteroatoms. The monoisotopic (exact) mass is 314 g/mol. The molecule has 1 fully saturated rings. The van der Waals surface area contributed by atoms with E-state index in [1.165, 1.54) is 24.6 Å². The minimum Gasteiger partial charge on any atom is -0.497 e. The van der Waals surface area contributed by atoms with Gasteiger partial charge in [-0.2, -0.15) is 4.31 Å². The van der Waals surface area contributed by atoms with E-state index in [-0.39, 0.29) is 4.90 Å². The second kappa shape index (κ2) is 5.82. The minimum atomic E-state index is -3.62. The second-order valence-corrected chi connectivity index (χ2v) is 7.41. The number of nitrogens with one attached hydrogen (secondary N) is 1. The number of hydrogen-bond donors (Lipinski definition) is 1. The highest BCUT2D eigenvalue weighted by Gasteiger charge is 2.40. The summed E-state index contributed by atoms with van der Waals surface area (Å²) < 4.78 is 37.8. The zero-order valence-electron chi connectivity index (χ0n) is 12.8. The summed E-state index contributed by atoms with van der Waals surface area (Å²) in [5.74, 6) is 0.856. The molecule has 118 valence electrons. The molecule has 0 aromatic heterocycles. The Hall–Kier alpha value is -1.31. The van der Waals surface area contributed by atoms with Gasteiger partial charge in [0.05, 0.1) is 14.2 Å². The lowest BCUT2D eigenvalue weighted by Gasteiger charge is -2.41. The maximum Gasteiger partial charge on any atom is 0.247 e. The lowest BCUT2D eigenvalue weighted by Crippen LogP contribution is -2.59. The maximum absolute atomic E-state index is 13.0. The molecule has 2 rings (SSSR count). The normalized spacial score (nSPS) is 19.2. The van der Waals surface area contributed by atoms with Crippen molar-refractivity contribution in [1.29, 1.82) is 0 Å². The van der Waals surface area contributed by atoms with Crippen molar-refractivity contribution in [2.75, 3.05) is 33.9 Å². The number of benzene rings is 1. The fraction of sp³-hybridized carbons (Fsp3) is 0.571. The first-order valence-electron chi connectivity index (χ1n) is 6.78. The van der Waals surface area contributed by atoms with Gasteiger partial charge in [-0.25, -0.2) is 8.42 Å². The molecule has 0 unspecified atom stereocenters. The van der Waals surface area contributed by atoms with E-state index in [1.54, 1.807) is 12.1 Å². The Labute approximate surface area is 126 Å². The Balaban J connectivity index is 2.48. The topological polar surface area (TPSA) is 67.9 Å². The van der Waals surface area contributed by atoms with Gasteiger partial charge in [0, 0.05) is 31.2 Å². The van der Waals surface area contributed by atoms with Gasteiger partial charge in [0.1, 0.15) is 16.4 Å². The Kier molecular flexibility index (Phi) is 4.46. The van der Waals surface area contributed by atoms with Crippen molar-refractivity contribution >= 4 is 10.0 Å². The predicted molar refractivity (Wildman–Crippen MR) is 80.4 cm³/mol. The van der Waals surface area contributed by atoms with Gasteiger partial charge in [-0.15, -0.1) is 0 Å². The summed E-state index contributed by atoms with van der Waals surface area (Å²) in [6.45, 7) is 5.51. The minimum absolute atomic E-state index is 0.167. The third-order valence-corrected chi connectivity index (χ3v) is 5.81. The number of methoxy groups -OCH3 is 2. The van der Waals surface area contributed by atoms with Crippen LogP contribution >= 0.6 is 0 Å². The first-order valence-corrected chi connectivity index (χ1v) is 8.22. The smallest absolute Gasteiger partial charge is 0.247 e. The van der Waals surface area contributed by atoms with Crippen molar-refractivity contribution in [1.82, 2.24) is 9.62 Å². The van der Waals surface area contributed by atoms with Crippen LogP contribution in [-0.2, 0) is 10.0 Å². The number of sulfonamides is 1. The number of piperazine rings is 1. The number of rotatable bonds is 4. The molecule has 1 aliphatic heterocycles. The summed E-state index contributed by atoms with van der Waals surface area (Å²) in [6, 6.07) is 4.75. The molecule has 1 N–H and O–H groups in total. The van der Waals surface area contributed by atoms with Crippen LogP contribution in [0.5, 0.6) is 11.5 Å². The Morgan fingerprint density at radius 3 is 2.52 bits per heavy atom. The number of ether oxygens (including phenoxy) is 2. The fourth-order valence-electron chi connectivity index (χ4n) is 2.52. The van der Waals surface area contributed by atoms with Gasteiger partial charge in [-0.1, -0.05) is 0 Å². The first kappa shape index (κ1) is 16.1. The van der Waals surface area contributed by atoms with E-state index >= 15 is 0 Å². The number of hydrogen-bond acceptors (Lipinski definition) is 5. The first-order chi connectivity index (χ1) is 9.82. The van der Waals surface area contributed by atoms with Crippen molar-refractivity contribution in [3.05, 3.63) is 18.2 Å². The van der Waals surface area contributed by atoms with E-state index in [4.69, 9.17) is 9.47 Å². The van der Waals surface area contributed by atoms with E-state index in [0.29, 0.717) is 31.1 Å². The zero-order chi connectivity index (χ0) is 15.7. The lowest BCUT2D eigenvalue weighted by molar-refractivity contribution is 0.185. The van der Waals surface area contributed by atoms with Crippen molar-refractivity contribution < 1.29 is 17.9 Å². The van der Waals surface area contributed by atoms with Crippen molar-refractivity contribution in [2.24, 2.45) is 0 Å². The number of nitrogens with zero attached hydrogens (tertiary/aromatic N) is 1. The lowest BCUT2D eigenvalue weighted by atomic mass is 10.0. The van der Waals surface area contributed by atoms with Crippen molar-refractivity contribution in [2.45, 2.75) is 24.3 Å². The molecule has 0 saturated carbocycles. The van der Waals surface area contributed by atoms with Crippen LogP contribution in [0.1, 0.15) is 13.8 Å². The molecule has 0 radical (unpaired) electrons. The second-order valence-electron chi connectivity index (χ2n) is 5.58. The van der Waals surface area contributed by atoms with Crippen LogP contribution in [0, 0.1) is 0 Å². The van der Waals surface area contributed by atoms with E-state index in [2.05, 4.69) is 5.32 Å². The standard InChI is InChI=1S/C14H22N2O4S/c1-14(2)10-15-7-8-16(14)21(17,18)13-6-5-11(19-3)9-12(13)20-4/h5-6,9,15H,7-8,10H2,1-4H3. The highest BCUT2D eigenvalue weighted by Crippen LogP contribution is 2.33. The molecule has 6 nitrogen and oxygen atoms in total. The van der Waals surface area contributed by atoms with Gasteiger partial charge in [0.15, 0.2) is 0 Å². The quantitative estimate of drug-likeness (QED) is 0.900. The van der Waals surface area contributed by atoms with Gasteiger partial charge >= 0.3 is 0 Å². The molecule has 0 bridgehead atoms. The van der Waals surface area contributed by atoms with E-state index in [0.717, 1.165) is 0 Å². The average molecular weight is 314 g/mol. The van der Waals surface area contributed by atoms with Gasteiger partial charge in [0.25, 0.3) is 0 Å². The van der Waals surface area contributed by atoms with E-state index in [9.17, 15) is 8.42 Å². The van der Waals surface area contributed by atoms with E-state index < -0.39 is 15.6 Å². The molecule has 1 heterocycles.